The molecule has 1 amide bonds. The highest BCUT2D eigenvalue weighted by Gasteiger charge is 2.41. The van der Waals surface area contributed by atoms with E-state index >= 15 is 0 Å². The molecule has 1 heterocycles. The quantitative estimate of drug-likeness (QED) is 0.926. The van der Waals surface area contributed by atoms with Crippen LogP contribution in [0.4, 0.5) is 4.79 Å². The summed E-state index contributed by atoms with van der Waals surface area (Å²) in [7, 11) is 1.59. The van der Waals surface area contributed by atoms with E-state index in [9.17, 15) is 14.7 Å². The summed E-state index contributed by atoms with van der Waals surface area (Å²) >= 11 is 0. The lowest BCUT2D eigenvalue weighted by molar-refractivity contribution is -0.142. The molecule has 23 heavy (non-hydrogen) atoms. The highest BCUT2D eigenvalue weighted by molar-refractivity contribution is 5.81. The van der Waals surface area contributed by atoms with Crippen molar-refractivity contribution < 1.29 is 24.2 Å². The van der Waals surface area contributed by atoms with Crippen LogP contribution in [0.25, 0.3) is 0 Å². The van der Waals surface area contributed by atoms with Gasteiger partial charge in [0.15, 0.2) is 0 Å². The number of carboxylic acid groups (broad SMARTS) is 1. The number of methoxy groups -OCH3 is 1. The number of hydrogen-bond donors (Lipinski definition) is 1. The minimum atomic E-state index is -1.01. The summed E-state index contributed by atoms with van der Waals surface area (Å²) in [5, 5.41) is 9.41. The van der Waals surface area contributed by atoms with E-state index in [4.69, 9.17) is 9.47 Å². The molecule has 0 radical (unpaired) electrons. The van der Waals surface area contributed by atoms with Crippen LogP contribution in [-0.4, -0.2) is 47.4 Å². The third kappa shape index (κ3) is 4.15. The van der Waals surface area contributed by atoms with E-state index in [0.717, 1.165) is 11.3 Å². The Bertz CT molecular complexity index is 576. The number of ether oxygens (including phenoxy) is 2. The zero-order valence-electron chi connectivity index (χ0n) is 13.9. The van der Waals surface area contributed by atoms with Crippen LogP contribution in [0.15, 0.2) is 24.3 Å². The molecule has 1 aliphatic rings. The maximum atomic E-state index is 12.3. The maximum Gasteiger partial charge on any atom is 0.411 e. The van der Waals surface area contributed by atoms with Gasteiger partial charge in [0.05, 0.1) is 7.11 Å². The van der Waals surface area contributed by atoms with Gasteiger partial charge in [-0.05, 0) is 44.9 Å². The molecule has 6 nitrogen and oxygen atoms in total. The number of hydrogen-bond acceptors (Lipinski definition) is 4. The number of rotatable bonds is 3. The molecular weight excluding hydrogens is 298 g/mol. The topological polar surface area (TPSA) is 76.1 Å². The van der Waals surface area contributed by atoms with Crippen molar-refractivity contribution in [1.29, 1.82) is 0 Å². The Balaban J connectivity index is 2.16. The molecule has 0 spiro atoms. The summed E-state index contributed by atoms with van der Waals surface area (Å²) in [6.45, 7) is 5.62. The minimum Gasteiger partial charge on any atom is -0.497 e. The van der Waals surface area contributed by atoms with Crippen LogP contribution in [0.5, 0.6) is 5.75 Å². The maximum absolute atomic E-state index is 12.3. The fourth-order valence-electron chi connectivity index (χ4n) is 2.71. The highest BCUT2D eigenvalue weighted by Crippen LogP contribution is 2.33. The van der Waals surface area contributed by atoms with Crippen molar-refractivity contribution in [2.75, 3.05) is 13.7 Å². The van der Waals surface area contributed by atoms with Crippen LogP contribution in [-0.2, 0) is 9.53 Å². The van der Waals surface area contributed by atoms with Gasteiger partial charge in [-0.2, -0.15) is 0 Å². The number of carbonyl (C=O) groups is 2. The second-order valence-electron chi connectivity index (χ2n) is 6.69. The van der Waals surface area contributed by atoms with Gasteiger partial charge in [0.1, 0.15) is 17.4 Å². The highest BCUT2D eigenvalue weighted by atomic mass is 16.6. The zero-order valence-corrected chi connectivity index (χ0v) is 13.9. The largest absolute Gasteiger partial charge is 0.497 e. The molecule has 0 aromatic heterocycles. The number of nitrogens with zero attached hydrogens (tertiary/aromatic N) is 1. The second-order valence-corrected chi connectivity index (χ2v) is 6.69. The smallest absolute Gasteiger partial charge is 0.411 e. The fraction of sp³-hybridized carbons (Fsp3) is 0.529. The molecule has 1 N–H and O–H groups in total. The standard InChI is InChI=1S/C17H23NO5/c1-17(2,3)23-16(21)18-10-12(9-14(18)15(19)20)11-5-7-13(22-4)8-6-11/h5-8,12,14H,9-10H2,1-4H3,(H,19,20). The molecule has 2 atom stereocenters. The third-order valence-corrected chi connectivity index (χ3v) is 3.80. The number of benzene rings is 1. The van der Waals surface area contributed by atoms with Crippen molar-refractivity contribution in [2.24, 2.45) is 0 Å². The average Bonchev–Trinajstić information content (AvgIpc) is 2.91. The Morgan fingerprint density at radius 1 is 1.22 bits per heavy atom. The van der Waals surface area contributed by atoms with E-state index in [1.807, 2.05) is 24.3 Å². The molecule has 0 bridgehead atoms. The lowest BCUT2D eigenvalue weighted by atomic mass is 9.96. The van der Waals surface area contributed by atoms with Gasteiger partial charge in [0.25, 0.3) is 0 Å². The van der Waals surface area contributed by atoms with Crippen LogP contribution >= 0.6 is 0 Å². The van der Waals surface area contributed by atoms with Gasteiger partial charge < -0.3 is 14.6 Å². The van der Waals surface area contributed by atoms with E-state index in [1.54, 1.807) is 27.9 Å². The monoisotopic (exact) mass is 321 g/mol. The van der Waals surface area contributed by atoms with Crippen molar-refractivity contribution in [3.63, 3.8) is 0 Å². The number of carboxylic acids is 1. The molecule has 1 saturated heterocycles. The lowest BCUT2D eigenvalue weighted by Gasteiger charge is -2.26. The Kier molecular flexibility index (Phi) is 4.82. The Morgan fingerprint density at radius 2 is 1.83 bits per heavy atom. The first kappa shape index (κ1) is 17.1. The summed E-state index contributed by atoms with van der Waals surface area (Å²) in [5.74, 6) is -0.299. The molecule has 2 unspecified atom stereocenters. The van der Waals surface area contributed by atoms with Crippen molar-refractivity contribution in [3.8, 4) is 5.75 Å². The van der Waals surface area contributed by atoms with E-state index < -0.39 is 23.7 Å². The first-order chi connectivity index (χ1) is 10.7. The number of carbonyl (C=O) groups excluding carboxylic acids is 1. The molecule has 1 fully saturated rings. The molecule has 0 aliphatic carbocycles. The van der Waals surface area contributed by atoms with E-state index in [-0.39, 0.29) is 5.92 Å². The van der Waals surface area contributed by atoms with Crippen molar-refractivity contribution in [2.45, 2.75) is 44.8 Å². The molecular formula is C17H23NO5. The van der Waals surface area contributed by atoms with Gasteiger partial charge in [-0.3, -0.25) is 4.90 Å². The molecule has 1 aliphatic heterocycles. The zero-order chi connectivity index (χ0) is 17.2. The summed E-state index contributed by atoms with van der Waals surface area (Å²) < 4.78 is 10.5. The Hall–Kier alpha value is -2.24. The van der Waals surface area contributed by atoms with Crippen LogP contribution in [0.1, 0.15) is 38.7 Å². The van der Waals surface area contributed by atoms with Crippen LogP contribution in [0, 0.1) is 0 Å². The molecule has 1 aromatic rings. The fourth-order valence-corrected chi connectivity index (χ4v) is 2.71. The summed E-state index contributed by atoms with van der Waals surface area (Å²) in [6.07, 6.45) is -0.207. The molecule has 6 heteroatoms. The van der Waals surface area contributed by atoms with Gasteiger partial charge in [-0.25, -0.2) is 9.59 Å². The van der Waals surface area contributed by atoms with Crippen LogP contribution in [0.3, 0.4) is 0 Å². The summed E-state index contributed by atoms with van der Waals surface area (Å²) in [4.78, 5) is 25.1. The Labute approximate surface area is 136 Å². The Morgan fingerprint density at radius 3 is 2.30 bits per heavy atom. The summed E-state index contributed by atoms with van der Waals surface area (Å²) in [5.41, 5.74) is 0.335. The van der Waals surface area contributed by atoms with Gasteiger partial charge in [0.2, 0.25) is 0 Å². The summed E-state index contributed by atoms with van der Waals surface area (Å²) in [6, 6.07) is 6.61. The average molecular weight is 321 g/mol. The van der Waals surface area contributed by atoms with E-state index in [1.165, 1.54) is 4.90 Å². The predicted molar refractivity (Wildman–Crippen MR) is 84.7 cm³/mol. The molecule has 1 aromatic carbocycles. The van der Waals surface area contributed by atoms with Crippen LogP contribution < -0.4 is 4.74 Å². The van der Waals surface area contributed by atoms with Crippen molar-refractivity contribution in [1.82, 2.24) is 4.90 Å². The van der Waals surface area contributed by atoms with Gasteiger partial charge in [-0.1, -0.05) is 12.1 Å². The normalized spacial score (nSPS) is 21.1. The SMILES string of the molecule is COc1ccc(C2CC(C(=O)O)N(C(=O)OC(C)(C)C)C2)cc1. The van der Waals surface area contributed by atoms with Crippen molar-refractivity contribution in [3.05, 3.63) is 29.8 Å². The lowest BCUT2D eigenvalue weighted by Crippen LogP contribution is -2.43. The first-order valence-corrected chi connectivity index (χ1v) is 7.57. The van der Waals surface area contributed by atoms with Crippen LogP contribution in [0.2, 0.25) is 0 Å². The molecule has 126 valence electrons. The van der Waals surface area contributed by atoms with Gasteiger partial charge >= 0.3 is 12.1 Å². The van der Waals surface area contributed by atoms with Gasteiger partial charge in [0, 0.05) is 12.5 Å². The molecule has 0 saturated carbocycles. The first-order valence-electron chi connectivity index (χ1n) is 7.57. The number of likely N-dealkylation sites (tertiary alicyclic amines) is 1. The minimum absolute atomic E-state index is 0.0328. The predicted octanol–water partition coefficient (Wildman–Crippen LogP) is 2.87. The van der Waals surface area contributed by atoms with Gasteiger partial charge in [-0.15, -0.1) is 0 Å². The number of aliphatic carboxylic acids is 1. The third-order valence-electron chi connectivity index (χ3n) is 3.80. The second kappa shape index (κ2) is 6.48. The van der Waals surface area contributed by atoms with E-state index in [0.29, 0.717) is 13.0 Å². The number of amides is 1. The molecule has 2 rings (SSSR count). The van der Waals surface area contributed by atoms with E-state index in [2.05, 4.69) is 0 Å². The van der Waals surface area contributed by atoms with Crippen molar-refractivity contribution >= 4 is 12.1 Å².